The molecule has 0 heterocycles. The highest BCUT2D eigenvalue weighted by molar-refractivity contribution is 6.01. The second kappa shape index (κ2) is 5.34. The number of amides is 1. The van der Waals surface area contributed by atoms with Crippen LogP contribution in [0.3, 0.4) is 0 Å². The van der Waals surface area contributed by atoms with Gasteiger partial charge in [-0.3, -0.25) is 4.79 Å². The summed E-state index contributed by atoms with van der Waals surface area (Å²) < 4.78 is 0. The van der Waals surface area contributed by atoms with E-state index >= 15 is 0 Å². The van der Waals surface area contributed by atoms with Crippen LogP contribution in [-0.2, 0) is 4.79 Å². The summed E-state index contributed by atoms with van der Waals surface area (Å²) in [6.07, 6.45) is 0.673. The summed E-state index contributed by atoms with van der Waals surface area (Å²) in [5.41, 5.74) is 0.0715. The van der Waals surface area contributed by atoms with Gasteiger partial charge in [-0.15, -0.1) is 0 Å². The van der Waals surface area contributed by atoms with Gasteiger partial charge in [-0.2, -0.15) is 0 Å². The third-order valence-electron chi connectivity index (χ3n) is 2.55. The molecule has 1 amide bonds. The summed E-state index contributed by atoms with van der Waals surface area (Å²) in [6.45, 7) is 3.63. The SMILES string of the molecule is CCC(C)C(=O)Nc1ccc(O)cc1C(=O)O. The van der Waals surface area contributed by atoms with E-state index in [0.29, 0.717) is 6.42 Å². The number of carbonyl (C=O) groups excluding carboxylic acids is 1. The average Bonchev–Trinajstić information content (AvgIpc) is 2.29. The average molecular weight is 237 g/mol. The second-order valence-corrected chi connectivity index (χ2v) is 3.83. The number of anilines is 1. The van der Waals surface area contributed by atoms with Gasteiger partial charge in [0.2, 0.25) is 5.91 Å². The van der Waals surface area contributed by atoms with Gasteiger partial charge in [0.1, 0.15) is 5.75 Å². The first kappa shape index (κ1) is 13.0. The Hall–Kier alpha value is -2.04. The Labute approximate surface area is 99.1 Å². The Kier molecular flexibility index (Phi) is 4.09. The summed E-state index contributed by atoms with van der Waals surface area (Å²) in [6, 6.07) is 3.81. The summed E-state index contributed by atoms with van der Waals surface area (Å²) in [5, 5.41) is 20.7. The molecule has 0 aliphatic carbocycles. The molecule has 0 spiro atoms. The number of carboxylic acid groups (broad SMARTS) is 1. The molecular weight excluding hydrogens is 222 g/mol. The monoisotopic (exact) mass is 237 g/mol. The lowest BCUT2D eigenvalue weighted by atomic mass is 10.1. The Balaban J connectivity index is 2.98. The molecule has 1 aromatic rings. The van der Waals surface area contributed by atoms with Gasteiger partial charge in [0.25, 0.3) is 0 Å². The number of phenols is 1. The van der Waals surface area contributed by atoms with E-state index in [2.05, 4.69) is 5.32 Å². The van der Waals surface area contributed by atoms with Gasteiger partial charge in [-0.25, -0.2) is 4.79 Å². The van der Waals surface area contributed by atoms with Crippen molar-refractivity contribution in [2.75, 3.05) is 5.32 Å². The first-order valence-corrected chi connectivity index (χ1v) is 5.32. The fraction of sp³-hybridized carbons (Fsp3) is 0.333. The molecule has 0 aliphatic rings. The molecule has 5 nitrogen and oxygen atoms in total. The van der Waals surface area contributed by atoms with Crippen molar-refractivity contribution in [3.05, 3.63) is 23.8 Å². The highest BCUT2D eigenvalue weighted by atomic mass is 16.4. The lowest BCUT2D eigenvalue weighted by molar-refractivity contribution is -0.119. The maximum Gasteiger partial charge on any atom is 0.337 e. The molecule has 0 saturated carbocycles. The highest BCUT2D eigenvalue weighted by Crippen LogP contribution is 2.22. The number of rotatable bonds is 4. The first-order chi connectivity index (χ1) is 7.95. The van der Waals surface area contributed by atoms with Gasteiger partial charge >= 0.3 is 5.97 Å². The number of aromatic carboxylic acids is 1. The molecular formula is C12H15NO4. The van der Waals surface area contributed by atoms with E-state index in [1.54, 1.807) is 6.92 Å². The second-order valence-electron chi connectivity index (χ2n) is 3.83. The molecule has 5 heteroatoms. The molecule has 0 fully saturated rings. The first-order valence-electron chi connectivity index (χ1n) is 5.32. The number of benzene rings is 1. The van der Waals surface area contributed by atoms with Crippen molar-refractivity contribution in [1.82, 2.24) is 0 Å². The Morgan fingerprint density at radius 3 is 2.59 bits per heavy atom. The number of carboxylic acids is 1. The van der Waals surface area contributed by atoms with Crippen molar-refractivity contribution in [2.24, 2.45) is 5.92 Å². The lowest BCUT2D eigenvalue weighted by Crippen LogP contribution is -2.21. The minimum Gasteiger partial charge on any atom is -0.508 e. The van der Waals surface area contributed by atoms with Crippen LogP contribution in [0, 0.1) is 5.92 Å². The van der Waals surface area contributed by atoms with Crippen molar-refractivity contribution in [3.8, 4) is 5.75 Å². The van der Waals surface area contributed by atoms with E-state index in [4.69, 9.17) is 5.11 Å². The Morgan fingerprint density at radius 2 is 2.06 bits per heavy atom. The third kappa shape index (κ3) is 3.21. The van der Waals surface area contributed by atoms with Gasteiger partial charge in [0, 0.05) is 5.92 Å². The smallest absolute Gasteiger partial charge is 0.337 e. The maximum atomic E-state index is 11.6. The predicted octanol–water partition coefficient (Wildman–Crippen LogP) is 2.07. The van der Waals surface area contributed by atoms with Gasteiger partial charge in [-0.1, -0.05) is 13.8 Å². The van der Waals surface area contributed by atoms with Crippen LogP contribution < -0.4 is 5.32 Å². The van der Waals surface area contributed by atoms with E-state index in [1.807, 2.05) is 6.92 Å². The largest absolute Gasteiger partial charge is 0.508 e. The molecule has 1 aromatic carbocycles. The van der Waals surface area contributed by atoms with E-state index in [1.165, 1.54) is 12.1 Å². The minimum atomic E-state index is -1.19. The van der Waals surface area contributed by atoms with Gasteiger partial charge in [-0.05, 0) is 24.6 Å². The van der Waals surface area contributed by atoms with Crippen LogP contribution in [0.5, 0.6) is 5.75 Å². The van der Waals surface area contributed by atoms with Crippen LogP contribution in [0.1, 0.15) is 30.6 Å². The minimum absolute atomic E-state index is 0.123. The zero-order valence-corrected chi connectivity index (χ0v) is 9.73. The molecule has 0 aliphatic heterocycles. The van der Waals surface area contributed by atoms with Crippen LogP contribution in [0.2, 0.25) is 0 Å². The molecule has 0 bridgehead atoms. The lowest BCUT2D eigenvalue weighted by Gasteiger charge is -2.12. The van der Waals surface area contributed by atoms with Crippen LogP contribution in [-0.4, -0.2) is 22.1 Å². The fourth-order valence-electron chi connectivity index (χ4n) is 1.26. The third-order valence-corrected chi connectivity index (χ3v) is 2.55. The van der Waals surface area contributed by atoms with E-state index in [-0.39, 0.29) is 28.8 Å². The normalized spacial score (nSPS) is 11.9. The maximum absolute atomic E-state index is 11.6. The van der Waals surface area contributed by atoms with Crippen LogP contribution in [0.4, 0.5) is 5.69 Å². The Morgan fingerprint density at radius 1 is 1.41 bits per heavy atom. The van der Waals surface area contributed by atoms with Crippen molar-refractivity contribution < 1.29 is 19.8 Å². The van der Waals surface area contributed by atoms with E-state index < -0.39 is 5.97 Å². The number of phenolic OH excluding ortho intramolecular Hbond substituents is 1. The molecule has 17 heavy (non-hydrogen) atoms. The predicted molar refractivity (Wildman–Crippen MR) is 63.2 cm³/mol. The standard InChI is InChI=1S/C12H15NO4/c1-3-7(2)11(15)13-10-5-4-8(14)6-9(10)12(16)17/h4-7,14H,3H2,1-2H3,(H,13,15)(H,16,17). The van der Waals surface area contributed by atoms with Gasteiger partial charge < -0.3 is 15.5 Å². The van der Waals surface area contributed by atoms with Crippen LogP contribution in [0.15, 0.2) is 18.2 Å². The summed E-state index contributed by atoms with van der Waals surface area (Å²) >= 11 is 0. The molecule has 0 saturated heterocycles. The molecule has 1 unspecified atom stereocenters. The molecule has 1 atom stereocenters. The number of hydrogen-bond acceptors (Lipinski definition) is 3. The summed E-state index contributed by atoms with van der Waals surface area (Å²) in [5.74, 6) is -1.77. The number of aromatic hydroxyl groups is 1. The summed E-state index contributed by atoms with van der Waals surface area (Å²) in [7, 11) is 0. The van der Waals surface area contributed by atoms with Crippen molar-refractivity contribution in [3.63, 3.8) is 0 Å². The Bertz CT molecular complexity index is 442. The van der Waals surface area contributed by atoms with E-state index in [0.717, 1.165) is 6.07 Å². The molecule has 92 valence electrons. The number of carbonyl (C=O) groups is 2. The zero-order chi connectivity index (χ0) is 13.0. The van der Waals surface area contributed by atoms with Crippen LogP contribution >= 0.6 is 0 Å². The van der Waals surface area contributed by atoms with Crippen molar-refractivity contribution in [1.29, 1.82) is 0 Å². The van der Waals surface area contributed by atoms with Crippen molar-refractivity contribution >= 4 is 17.6 Å². The van der Waals surface area contributed by atoms with Crippen molar-refractivity contribution in [2.45, 2.75) is 20.3 Å². The number of nitrogens with one attached hydrogen (secondary N) is 1. The molecule has 0 aromatic heterocycles. The van der Waals surface area contributed by atoms with Gasteiger partial charge in [0.15, 0.2) is 0 Å². The quantitative estimate of drug-likeness (QED) is 0.700. The topological polar surface area (TPSA) is 86.6 Å². The number of hydrogen-bond donors (Lipinski definition) is 3. The molecule has 1 rings (SSSR count). The zero-order valence-electron chi connectivity index (χ0n) is 9.73. The van der Waals surface area contributed by atoms with E-state index in [9.17, 15) is 14.7 Å². The summed E-state index contributed by atoms with van der Waals surface area (Å²) in [4.78, 5) is 22.6. The highest BCUT2D eigenvalue weighted by Gasteiger charge is 2.16. The molecule has 3 N–H and O–H groups in total. The fourth-order valence-corrected chi connectivity index (χ4v) is 1.26. The van der Waals surface area contributed by atoms with Crippen LogP contribution in [0.25, 0.3) is 0 Å². The molecule has 0 radical (unpaired) electrons. The van der Waals surface area contributed by atoms with Gasteiger partial charge in [0.05, 0.1) is 11.3 Å².